The molecule has 1 aromatic rings. The Morgan fingerprint density at radius 3 is 2.38 bits per heavy atom. The van der Waals surface area contributed by atoms with Gasteiger partial charge in [0, 0.05) is 6.54 Å². The number of carboxylic acids is 1. The first-order valence-electron chi connectivity index (χ1n) is 6.93. The van der Waals surface area contributed by atoms with Crippen molar-refractivity contribution in [3.8, 4) is 0 Å². The molecular weight excluding hydrogens is 270 g/mol. The first-order valence-corrected chi connectivity index (χ1v) is 6.93. The van der Waals surface area contributed by atoms with Crippen LogP contribution in [0.25, 0.3) is 0 Å². The molecule has 116 valence electrons. The molecule has 5 heteroatoms. The number of nitrogens with one attached hydrogen (secondary N) is 1. The maximum atomic E-state index is 11.7. The normalized spacial score (nSPS) is 11.3. The number of alkyl carbamates (subject to hydrolysis) is 1. The van der Waals surface area contributed by atoms with E-state index in [-0.39, 0.29) is 11.5 Å². The first kappa shape index (κ1) is 17.0. The third-order valence-electron chi connectivity index (χ3n) is 2.84. The zero-order chi connectivity index (χ0) is 16.2. The molecule has 0 fully saturated rings. The summed E-state index contributed by atoms with van der Waals surface area (Å²) < 4.78 is 5.18. The third kappa shape index (κ3) is 5.45. The smallest absolute Gasteiger partial charge is 0.407 e. The van der Waals surface area contributed by atoms with Gasteiger partial charge in [-0.05, 0) is 49.9 Å². The average molecular weight is 293 g/mol. The van der Waals surface area contributed by atoms with E-state index in [1.807, 2.05) is 13.8 Å². The van der Waals surface area contributed by atoms with Crippen LogP contribution in [0.5, 0.6) is 0 Å². The first-order chi connectivity index (χ1) is 9.60. The molecule has 0 aliphatic carbocycles. The fraction of sp³-hybridized carbons (Fsp3) is 0.500. The van der Waals surface area contributed by atoms with E-state index in [1.54, 1.807) is 39.0 Å². The van der Waals surface area contributed by atoms with Crippen LogP contribution in [0, 0.1) is 0 Å². The number of carbonyl (C=O) groups excluding carboxylic acids is 1. The minimum atomic E-state index is -0.955. The van der Waals surface area contributed by atoms with Gasteiger partial charge in [-0.2, -0.15) is 0 Å². The van der Waals surface area contributed by atoms with E-state index in [2.05, 4.69) is 5.32 Å². The second kappa shape index (κ2) is 6.61. The number of rotatable bonds is 4. The summed E-state index contributed by atoms with van der Waals surface area (Å²) in [5.41, 5.74) is 1.50. The molecule has 0 unspecified atom stereocenters. The van der Waals surface area contributed by atoms with Gasteiger partial charge in [0.15, 0.2) is 0 Å². The molecule has 0 aliphatic heterocycles. The van der Waals surface area contributed by atoms with Crippen molar-refractivity contribution in [1.82, 2.24) is 5.32 Å². The van der Waals surface area contributed by atoms with E-state index < -0.39 is 17.7 Å². The summed E-state index contributed by atoms with van der Waals surface area (Å²) in [5, 5.41) is 11.7. The number of ether oxygens (including phenoxy) is 1. The lowest BCUT2D eigenvalue weighted by Gasteiger charge is -2.20. The van der Waals surface area contributed by atoms with Crippen molar-refractivity contribution in [1.29, 1.82) is 0 Å². The SMILES string of the molecule is CC(C)c1cc(C(=O)O)ccc1CNC(=O)OC(C)(C)C. The highest BCUT2D eigenvalue weighted by Crippen LogP contribution is 2.21. The Morgan fingerprint density at radius 1 is 1.29 bits per heavy atom. The summed E-state index contributed by atoms with van der Waals surface area (Å²) in [6.45, 7) is 9.67. The number of hydrogen-bond donors (Lipinski definition) is 2. The van der Waals surface area contributed by atoms with Crippen molar-refractivity contribution in [2.45, 2.75) is 52.7 Å². The third-order valence-corrected chi connectivity index (χ3v) is 2.84. The van der Waals surface area contributed by atoms with Crippen molar-refractivity contribution in [2.75, 3.05) is 0 Å². The number of carbonyl (C=O) groups is 2. The van der Waals surface area contributed by atoms with E-state index in [0.717, 1.165) is 11.1 Å². The number of amides is 1. The van der Waals surface area contributed by atoms with Crippen LogP contribution in [0.1, 0.15) is 62.0 Å². The molecule has 0 saturated heterocycles. The van der Waals surface area contributed by atoms with Gasteiger partial charge in [-0.1, -0.05) is 19.9 Å². The summed E-state index contributed by atoms with van der Waals surface area (Å²) in [4.78, 5) is 22.7. The molecule has 0 atom stereocenters. The molecule has 1 rings (SSSR count). The Hall–Kier alpha value is -2.04. The standard InChI is InChI=1S/C16H23NO4/c1-10(2)13-8-11(14(18)19)6-7-12(13)9-17-15(20)21-16(3,4)5/h6-8,10H,9H2,1-5H3,(H,17,20)(H,18,19). The minimum absolute atomic E-state index is 0.166. The van der Waals surface area contributed by atoms with Crippen molar-refractivity contribution in [2.24, 2.45) is 0 Å². The molecule has 2 N–H and O–H groups in total. The highest BCUT2D eigenvalue weighted by molar-refractivity contribution is 5.88. The highest BCUT2D eigenvalue weighted by Gasteiger charge is 2.17. The molecule has 0 aliphatic rings. The quantitative estimate of drug-likeness (QED) is 0.890. The minimum Gasteiger partial charge on any atom is -0.478 e. The van der Waals surface area contributed by atoms with Gasteiger partial charge in [0.25, 0.3) is 0 Å². The van der Waals surface area contributed by atoms with E-state index in [1.165, 1.54) is 0 Å². The van der Waals surface area contributed by atoms with Gasteiger partial charge in [0.2, 0.25) is 0 Å². The Labute approximate surface area is 125 Å². The van der Waals surface area contributed by atoms with Crippen molar-refractivity contribution in [3.63, 3.8) is 0 Å². The zero-order valence-corrected chi connectivity index (χ0v) is 13.2. The highest BCUT2D eigenvalue weighted by atomic mass is 16.6. The molecular formula is C16H23NO4. The fourth-order valence-corrected chi connectivity index (χ4v) is 1.91. The van der Waals surface area contributed by atoms with Crippen LogP contribution < -0.4 is 5.32 Å². The molecule has 0 aromatic heterocycles. The van der Waals surface area contributed by atoms with Gasteiger partial charge in [-0.25, -0.2) is 9.59 Å². The van der Waals surface area contributed by atoms with Gasteiger partial charge >= 0.3 is 12.1 Å². The predicted molar refractivity (Wildman–Crippen MR) is 80.6 cm³/mol. The maximum Gasteiger partial charge on any atom is 0.407 e. The lowest BCUT2D eigenvalue weighted by molar-refractivity contribution is 0.0522. The van der Waals surface area contributed by atoms with Gasteiger partial charge in [-0.15, -0.1) is 0 Å². The second-order valence-electron chi connectivity index (χ2n) is 6.23. The van der Waals surface area contributed by atoms with Crippen LogP contribution in [-0.2, 0) is 11.3 Å². The molecule has 0 radical (unpaired) electrons. The Kier molecular flexibility index (Phi) is 5.35. The fourth-order valence-electron chi connectivity index (χ4n) is 1.91. The number of hydrogen-bond acceptors (Lipinski definition) is 3. The number of aromatic carboxylic acids is 1. The summed E-state index contributed by atoms with van der Waals surface area (Å²) in [6, 6.07) is 4.93. The molecule has 0 heterocycles. The van der Waals surface area contributed by atoms with Gasteiger partial charge in [0.05, 0.1) is 5.56 Å². The summed E-state index contributed by atoms with van der Waals surface area (Å²) >= 11 is 0. The van der Waals surface area contributed by atoms with Crippen LogP contribution in [0.4, 0.5) is 4.79 Å². The molecule has 0 bridgehead atoms. The Balaban J connectivity index is 2.84. The zero-order valence-electron chi connectivity index (χ0n) is 13.2. The van der Waals surface area contributed by atoms with Crippen LogP contribution in [0.2, 0.25) is 0 Å². The van der Waals surface area contributed by atoms with Gasteiger partial charge in [0.1, 0.15) is 5.60 Å². The van der Waals surface area contributed by atoms with Crippen molar-refractivity contribution >= 4 is 12.1 Å². The summed E-state index contributed by atoms with van der Waals surface area (Å²) in [7, 11) is 0. The Bertz CT molecular complexity index is 530. The van der Waals surface area contributed by atoms with E-state index in [4.69, 9.17) is 9.84 Å². The van der Waals surface area contributed by atoms with Crippen molar-refractivity contribution < 1.29 is 19.4 Å². The maximum absolute atomic E-state index is 11.7. The number of benzene rings is 1. The van der Waals surface area contributed by atoms with Gasteiger partial charge < -0.3 is 15.2 Å². The molecule has 0 saturated carbocycles. The van der Waals surface area contributed by atoms with E-state index in [0.29, 0.717) is 6.54 Å². The molecule has 21 heavy (non-hydrogen) atoms. The molecule has 0 spiro atoms. The summed E-state index contributed by atoms with van der Waals surface area (Å²) in [6.07, 6.45) is -0.487. The topological polar surface area (TPSA) is 75.6 Å². The van der Waals surface area contributed by atoms with Crippen molar-refractivity contribution in [3.05, 3.63) is 34.9 Å². The monoisotopic (exact) mass is 293 g/mol. The lowest BCUT2D eigenvalue weighted by atomic mass is 9.95. The van der Waals surface area contributed by atoms with Crippen LogP contribution in [0.15, 0.2) is 18.2 Å². The predicted octanol–water partition coefficient (Wildman–Crippen LogP) is 3.53. The Morgan fingerprint density at radius 2 is 1.90 bits per heavy atom. The molecule has 5 nitrogen and oxygen atoms in total. The van der Waals surface area contributed by atoms with E-state index in [9.17, 15) is 9.59 Å². The largest absolute Gasteiger partial charge is 0.478 e. The lowest BCUT2D eigenvalue weighted by Crippen LogP contribution is -2.32. The summed E-state index contributed by atoms with van der Waals surface area (Å²) in [5.74, 6) is -0.789. The van der Waals surface area contributed by atoms with Crippen LogP contribution in [0.3, 0.4) is 0 Å². The number of carboxylic acid groups (broad SMARTS) is 1. The van der Waals surface area contributed by atoms with Crippen LogP contribution >= 0.6 is 0 Å². The van der Waals surface area contributed by atoms with Gasteiger partial charge in [-0.3, -0.25) is 0 Å². The van der Waals surface area contributed by atoms with Crippen LogP contribution in [-0.4, -0.2) is 22.8 Å². The van der Waals surface area contributed by atoms with E-state index >= 15 is 0 Å². The molecule has 1 amide bonds. The average Bonchev–Trinajstić information content (AvgIpc) is 2.33. The molecule has 1 aromatic carbocycles. The second-order valence-corrected chi connectivity index (χ2v) is 6.23.